The number of H-pyrrole nitrogens is 1. The van der Waals surface area contributed by atoms with Crippen LogP contribution in [0.4, 0.5) is 11.4 Å². The first-order valence-electron chi connectivity index (χ1n) is 6.29. The summed E-state index contributed by atoms with van der Waals surface area (Å²) in [5, 5.41) is 8.14. The van der Waals surface area contributed by atoms with Crippen LogP contribution in [0, 0.1) is 0 Å². The van der Waals surface area contributed by atoms with Gasteiger partial charge in [-0.25, -0.2) is 0 Å². The molecule has 1 aromatic heterocycles. The van der Waals surface area contributed by atoms with Gasteiger partial charge in [-0.05, 0) is 31.4 Å². The first-order valence-corrected chi connectivity index (χ1v) is 6.29. The van der Waals surface area contributed by atoms with E-state index in [1.54, 1.807) is 0 Å². The lowest BCUT2D eigenvalue weighted by atomic mass is 10.2. The Balaban J connectivity index is 2.03. The maximum Gasteiger partial charge on any atom is 0.0672 e. The van der Waals surface area contributed by atoms with Gasteiger partial charge in [-0.3, -0.25) is 5.10 Å². The average molecular weight is 230 g/mol. The van der Waals surface area contributed by atoms with E-state index in [0.717, 1.165) is 35.2 Å². The Morgan fingerprint density at radius 3 is 3.00 bits per heavy atom. The van der Waals surface area contributed by atoms with Crippen molar-refractivity contribution < 1.29 is 0 Å². The van der Waals surface area contributed by atoms with E-state index < -0.39 is 0 Å². The van der Waals surface area contributed by atoms with E-state index in [4.69, 9.17) is 5.73 Å². The van der Waals surface area contributed by atoms with Gasteiger partial charge in [-0.15, -0.1) is 0 Å². The molecule has 17 heavy (non-hydrogen) atoms. The number of nitrogen functional groups attached to an aromatic ring is 1. The van der Waals surface area contributed by atoms with Gasteiger partial charge >= 0.3 is 0 Å². The van der Waals surface area contributed by atoms with E-state index in [1.807, 2.05) is 12.3 Å². The molecule has 1 fully saturated rings. The van der Waals surface area contributed by atoms with Crippen molar-refractivity contribution in [1.82, 2.24) is 10.2 Å². The molecule has 1 aliphatic carbocycles. The maximum atomic E-state index is 6.16. The van der Waals surface area contributed by atoms with Gasteiger partial charge in [0.15, 0.2) is 0 Å². The Bertz CT molecular complexity index is 527. The summed E-state index contributed by atoms with van der Waals surface area (Å²) in [5.41, 5.74) is 9.24. The number of benzene rings is 1. The van der Waals surface area contributed by atoms with Gasteiger partial charge < -0.3 is 10.6 Å². The largest absolute Gasteiger partial charge is 0.397 e. The summed E-state index contributed by atoms with van der Waals surface area (Å²) in [5.74, 6) is 0. The zero-order valence-electron chi connectivity index (χ0n) is 10.1. The van der Waals surface area contributed by atoms with E-state index >= 15 is 0 Å². The van der Waals surface area contributed by atoms with E-state index in [9.17, 15) is 0 Å². The number of hydrogen-bond donors (Lipinski definition) is 2. The lowest BCUT2D eigenvalue weighted by molar-refractivity contribution is 0.764. The summed E-state index contributed by atoms with van der Waals surface area (Å²) in [6, 6.07) is 4.84. The molecule has 4 nitrogen and oxygen atoms in total. The van der Waals surface area contributed by atoms with Gasteiger partial charge in [-0.1, -0.05) is 6.92 Å². The third-order valence-corrected chi connectivity index (χ3v) is 3.35. The second kappa shape index (κ2) is 3.95. The molecular formula is C13H18N4. The van der Waals surface area contributed by atoms with Crippen LogP contribution in [0.3, 0.4) is 0 Å². The molecule has 0 atom stereocenters. The Morgan fingerprint density at radius 1 is 1.47 bits per heavy atom. The number of rotatable bonds is 4. The van der Waals surface area contributed by atoms with E-state index in [2.05, 4.69) is 28.1 Å². The normalized spacial score (nSPS) is 15.4. The predicted octanol–water partition coefficient (Wildman–Crippen LogP) is 2.52. The third-order valence-electron chi connectivity index (χ3n) is 3.35. The van der Waals surface area contributed by atoms with Gasteiger partial charge in [-0.2, -0.15) is 5.10 Å². The molecule has 0 saturated heterocycles. The fourth-order valence-corrected chi connectivity index (χ4v) is 2.37. The molecule has 0 bridgehead atoms. The minimum atomic E-state index is 0.692. The highest BCUT2D eigenvalue weighted by Crippen LogP contribution is 2.36. The summed E-state index contributed by atoms with van der Waals surface area (Å²) in [7, 11) is 0. The molecule has 4 heteroatoms. The Labute approximate surface area is 101 Å². The van der Waals surface area contributed by atoms with Crippen molar-refractivity contribution in [3.05, 3.63) is 18.3 Å². The number of hydrogen-bond acceptors (Lipinski definition) is 3. The van der Waals surface area contributed by atoms with Crippen LogP contribution in [0.25, 0.3) is 10.9 Å². The van der Waals surface area contributed by atoms with Crippen molar-refractivity contribution in [3.63, 3.8) is 0 Å². The second-order valence-electron chi connectivity index (χ2n) is 4.79. The van der Waals surface area contributed by atoms with Crippen LogP contribution in [-0.2, 0) is 0 Å². The summed E-state index contributed by atoms with van der Waals surface area (Å²) >= 11 is 0. The predicted molar refractivity (Wildman–Crippen MR) is 71.2 cm³/mol. The smallest absolute Gasteiger partial charge is 0.0672 e. The lowest BCUT2D eigenvalue weighted by Crippen LogP contribution is -2.27. The van der Waals surface area contributed by atoms with Crippen LogP contribution < -0.4 is 10.6 Å². The molecule has 2 aromatic rings. The molecule has 0 unspecified atom stereocenters. The molecule has 0 spiro atoms. The van der Waals surface area contributed by atoms with Crippen LogP contribution in [0.1, 0.15) is 26.2 Å². The molecular weight excluding hydrogens is 212 g/mol. The van der Waals surface area contributed by atoms with Crippen LogP contribution >= 0.6 is 0 Å². The van der Waals surface area contributed by atoms with Gasteiger partial charge in [0.1, 0.15) is 0 Å². The Kier molecular flexibility index (Phi) is 2.42. The van der Waals surface area contributed by atoms with Crippen molar-refractivity contribution in [2.75, 3.05) is 17.2 Å². The van der Waals surface area contributed by atoms with Crippen molar-refractivity contribution >= 4 is 22.3 Å². The van der Waals surface area contributed by atoms with E-state index in [0.29, 0.717) is 6.04 Å². The quantitative estimate of drug-likeness (QED) is 0.793. The first-order chi connectivity index (χ1) is 8.29. The van der Waals surface area contributed by atoms with Gasteiger partial charge in [0.2, 0.25) is 0 Å². The molecule has 90 valence electrons. The SMILES string of the molecule is CCCN(c1cc2[nH]ncc2cc1N)C1CC1. The van der Waals surface area contributed by atoms with Gasteiger partial charge in [0.25, 0.3) is 0 Å². The summed E-state index contributed by atoms with van der Waals surface area (Å²) in [6.45, 7) is 3.29. The fraction of sp³-hybridized carbons (Fsp3) is 0.462. The number of fused-ring (bicyclic) bond motifs is 1. The molecule has 1 aliphatic rings. The van der Waals surface area contributed by atoms with Crippen molar-refractivity contribution in [2.24, 2.45) is 0 Å². The molecule has 3 N–H and O–H groups in total. The monoisotopic (exact) mass is 230 g/mol. The Hall–Kier alpha value is -1.71. The minimum Gasteiger partial charge on any atom is -0.397 e. The van der Waals surface area contributed by atoms with Crippen LogP contribution in [0.2, 0.25) is 0 Å². The second-order valence-corrected chi connectivity index (χ2v) is 4.79. The van der Waals surface area contributed by atoms with E-state index in [-0.39, 0.29) is 0 Å². The average Bonchev–Trinajstić information content (AvgIpc) is 3.05. The summed E-state index contributed by atoms with van der Waals surface area (Å²) < 4.78 is 0. The van der Waals surface area contributed by atoms with Gasteiger partial charge in [0, 0.05) is 18.0 Å². The highest BCUT2D eigenvalue weighted by Gasteiger charge is 2.29. The maximum absolute atomic E-state index is 6.16. The highest BCUT2D eigenvalue weighted by atomic mass is 15.2. The zero-order chi connectivity index (χ0) is 11.8. The molecule has 0 aliphatic heterocycles. The van der Waals surface area contributed by atoms with Crippen molar-refractivity contribution in [1.29, 1.82) is 0 Å². The summed E-state index contributed by atoms with van der Waals surface area (Å²) in [4.78, 5) is 2.44. The number of anilines is 2. The van der Waals surface area contributed by atoms with Gasteiger partial charge in [0.05, 0.1) is 23.1 Å². The number of nitrogens with two attached hydrogens (primary N) is 1. The van der Waals surface area contributed by atoms with Crippen LogP contribution in [0.15, 0.2) is 18.3 Å². The Morgan fingerprint density at radius 2 is 2.29 bits per heavy atom. The van der Waals surface area contributed by atoms with E-state index in [1.165, 1.54) is 12.8 Å². The molecule has 1 heterocycles. The lowest BCUT2D eigenvalue weighted by Gasteiger charge is -2.25. The van der Waals surface area contributed by atoms with Crippen LogP contribution in [0.5, 0.6) is 0 Å². The molecule has 0 radical (unpaired) electrons. The fourth-order valence-electron chi connectivity index (χ4n) is 2.37. The standard InChI is InChI=1S/C13H18N4/c1-2-5-17(10-3-4-10)13-7-12-9(6-11(13)14)8-15-16-12/h6-8,10H,2-5,14H2,1H3,(H,15,16). The number of aromatic amines is 1. The number of aromatic nitrogens is 2. The topological polar surface area (TPSA) is 57.9 Å². The van der Waals surface area contributed by atoms with Crippen LogP contribution in [-0.4, -0.2) is 22.8 Å². The number of nitrogens with one attached hydrogen (secondary N) is 1. The first kappa shape index (κ1) is 10.4. The van der Waals surface area contributed by atoms with Crippen molar-refractivity contribution in [3.8, 4) is 0 Å². The zero-order valence-corrected chi connectivity index (χ0v) is 10.1. The molecule has 1 aromatic carbocycles. The summed E-state index contributed by atoms with van der Waals surface area (Å²) in [6.07, 6.45) is 5.55. The van der Waals surface area contributed by atoms with Crippen molar-refractivity contribution in [2.45, 2.75) is 32.2 Å². The minimum absolute atomic E-state index is 0.692. The molecule has 1 saturated carbocycles. The number of nitrogens with zero attached hydrogens (tertiary/aromatic N) is 2. The highest BCUT2D eigenvalue weighted by molar-refractivity contribution is 5.89. The third kappa shape index (κ3) is 1.84. The molecule has 3 rings (SSSR count). The molecule has 0 amide bonds.